The summed E-state index contributed by atoms with van der Waals surface area (Å²) in [6.45, 7) is 2.88. The third-order valence-electron chi connectivity index (χ3n) is 4.96. The van der Waals surface area contributed by atoms with Crippen molar-refractivity contribution in [1.82, 2.24) is 14.4 Å². The van der Waals surface area contributed by atoms with Crippen LogP contribution in [0.1, 0.15) is 32.6 Å². The van der Waals surface area contributed by atoms with E-state index in [-0.39, 0.29) is 25.3 Å². The molecular weight excluding hydrogens is 430 g/mol. The molecule has 9 heteroatoms. The van der Waals surface area contributed by atoms with Gasteiger partial charge in [0.05, 0.1) is 6.61 Å². The Kier molecular flexibility index (Phi) is 8.25. The van der Waals surface area contributed by atoms with Crippen LogP contribution in [-0.2, 0) is 8.98 Å². The molecule has 1 aliphatic carbocycles. The number of amides is 1. The summed E-state index contributed by atoms with van der Waals surface area (Å²) in [7, 11) is 1.92. The number of benzene rings is 1. The SMILES string of the molecule is CCCCOSN(C)Nc1ccc(-c2cc(NC(=O)C3CC3)nc3[nH]ccc23)cc1.S. The van der Waals surface area contributed by atoms with E-state index in [1.54, 1.807) is 0 Å². The topological polar surface area (TPSA) is 82.3 Å². The van der Waals surface area contributed by atoms with Gasteiger partial charge in [-0.3, -0.25) is 8.98 Å². The van der Waals surface area contributed by atoms with E-state index in [2.05, 4.69) is 39.8 Å². The first kappa shape index (κ1) is 23.5. The van der Waals surface area contributed by atoms with E-state index in [1.165, 1.54) is 12.2 Å². The third kappa shape index (κ3) is 6.16. The summed E-state index contributed by atoms with van der Waals surface area (Å²) >= 11 is 1.30. The molecule has 0 unspecified atom stereocenters. The molecule has 1 aromatic carbocycles. The summed E-state index contributed by atoms with van der Waals surface area (Å²) in [5, 5.41) is 3.98. The monoisotopic (exact) mass is 459 g/mol. The van der Waals surface area contributed by atoms with Crippen LogP contribution in [0.4, 0.5) is 11.5 Å². The van der Waals surface area contributed by atoms with E-state index in [0.29, 0.717) is 5.82 Å². The highest BCUT2D eigenvalue weighted by molar-refractivity contribution is 7.92. The predicted molar refractivity (Wildman–Crippen MR) is 133 cm³/mol. The lowest BCUT2D eigenvalue weighted by atomic mass is 10.0. The summed E-state index contributed by atoms with van der Waals surface area (Å²) in [4.78, 5) is 19.9. The first-order valence-corrected chi connectivity index (χ1v) is 11.0. The molecule has 1 aliphatic rings. The van der Waals surface area contributed by atoms with Gasteiger partial charge in [0, 0.05) is 30.2 Å². The molecule has 31 heavy (non-hydrogen) atoms. The molecule has 1 fully saturated rings. The van der Waals surface area contributed by atoms with Crippen molar-refractivity contribution in [2.45, 2.75) is 32.6 Å². The molecular formula is C22H29N5O2S2. The van der Waals surface area contributed by atoms with Crippen LogP contribution in [-0.4, -0.2) is 33.9 Å². The van der Waals surface area contributed by atoms with Crippen LogP contribution in [0.2, 0.25) is 0 Å². The number of hydrogen-bond donors (Lipinski definition) is 3. The van der Waals surface area contributed by atoms with Crippen molar-refractivity contribution in [2.24, 2.45) is 5.92 Å². The second-order valence-corrected chi connectivity index (χ2v) is 8.43. The minimum atomic E-state index is 0. The van der Waals surface area contributed by atoms with Crippen LogP contribution in [0.5, 0.6) is 0 Å². The number of nitrogens with one attached hydrogen (secondary N) is 3. The maximum atomic E-state index is 12.2. The fraction of sp³-hybridized carbons (Fsp3) is 0.364. The first-order chi connectivity index (χ1) is 14.6. The van der Waals surface area contributed by atoms with Crippen LogP contribution >= 0.6 is 25.7 Å². The van der Waals surface area contributed by atoms with Gasteiger partial charge in [-0.2, -0.15) is 13.5 Å². The van der Waals surface area contributed by atoms with E-state index in [1.807, 2.05) is 41.9 Å². The Bertz CT molecular complexity index is 1000. The number of H-pyrrole nitrogens is 1. The van der Waals surface area contributed by atoms with E-state index in [0.717, 1.165) is 60.1 Å². The maximum Gasteiger partial charge on any atom is 0.228 e. The zero-order chi connectivity index (χ0) is 20.9. The van der Waals surface area contributed by atoms with Crippen molar-refractivity contribution >= 4 is 54.2 Å². The number of carbonyl (C=O) groups excluding carboxylic acids is 1. The standard InChI is InChI=1S/C22H27N5O2S.H2S/c1-3-4-13-29-30-27(2)26-17-9-7-15(8-10-17)19-14-20(25-22(28)16-5-6-16)24-21-18(19)11-12-23-21;/h7-12,14,16,26H,3-6,13H2,1-2H3,(H2,23,24,25,28);1H2. The van der Waals surface area contributed by atoms with Gasteiger partial charge in [0.2, 0.25) is 5.91 Å². The molecule has 7 nitrogen and oxygen atoms in total. The largest absolute Gasteiger partial charge is 0.346 e. The van der Waals surface area contributed by atoms with Crippen molar-refractivity contribution in [1.29, 1.82) is 0 Å². The van der Waals surface area contributed by atoms with E-state index < -0.39 is 0 Å². The number of fused-ring (bicyclic) bond motifs is 1. The lowest BCUT2D eigenvalue weighted by Crippen LogP contribution is -2.17. The van der Waals surface area contributed by atoms with Crippen molar-refractivity contribution in [3.63, 3.8) is 0 Å². The Balaban J connectivity index is 0.00000272. The minimum Gasteiger partial charge on any atom is -0.346 e. The number of unbranched alkanes of at least 4 members (excludes halogenated alkanes) is 1. The number of aromatic nitrogens is 2. The Morgan fingerprint density at radius 3 is 2.77 bits per heavy atom. The van der Waals surface area contributed by atoms with Gasteiger partial charge >= 0.3 is 0 Å². The van der Waals surface area contributed by atoms with Crippen molar-refractivity contribution in [3.05, 3.63) is 42.6 Å². The smallest absolute Gasteiger partial charge is 0.228 e. The fourth-order valence-electron chi connectivity index (χ4n) is 3.16. The zero-order valence-corrected chi connectivity index (χ0v) is 19.6. The van der Waals surface area contributed by atoms with E-state index in [4.69, 9.17) is 4.18 Å². The van der Waals surface area contributed by atoms with Crippen LogP contribution in [0.25, 0.3) is 22.2 Å². The van der Waals surface area contributed by atoms with Crippen molar-refractivity contribution in [3.8, 4) is 11.1 Å². The molecule has 4 rings (SSSR count). The zero-order valence-electron chi connectivity index (χ0n) is 17.8. The lowest BCUT2D eigenvalue weighted by Gasteiger charge is -2.17. The Morgan fingerprint density at radius 2 is 2.06 bits per heavy atom. The third-order valence-corrected chi connectivity index (χ3v) is 5.54. The number of carbonyl (C=O) groups is 1. The highest BCUT2D eigenvalue weighted by Crippen LogP contribution is 2.33. The Morgan fingerprint density at radius 1 is 1.29 bits per heavy atom. The Labute approximate surface area is 194 Å². The highest BCUT2D eigenvalue weighted by Gasteiger charge is 2.30. The molecule has 0 aliphatic heterocycles. The second kappa shape index (κ2) is 10.9. The average molecular weight is 460 g/mol. The summed E-state index contributed by atoms with van der Waals surface area (Å²) in [5.41, 5.74) is 7.11. The van der Waals surface area contributed by atoms with Crippen LogP contribution in [0.3, 0.4) is 0 Å². The van der Waals surface area contributed by atoms with E-state index >= 15 is 0 Å². The van der Waals surface area contributed by atoms with Gasteiger partial charge < -0.3 is 15.7 Å². The maximum absolute atomic E-state index is 12.2. The highest BCUT2D eigenvalue weighted by atomic mass is 32.2. The normalized spacial score (nSPS) is 13.3. The molecule has 3 N–H and O–H groups in total. The molecule has 2 aromatic heterocycles. The number of pyridine rings is 1. The summed E-state index contributed by atoms with van der Waals surface area (Å²) in [6, 6.07) is 12.1. The lowest BCUT2D eigenvalue weighted by molar-refractivity contribution is -0.117. The van der Waals surface area contributed by atoms with Crippen LogP contribution < -0.4 is 10.7 Å². The average Bonchev–Trinajstić information content (AvgIpc) is 3.49. The molecule has 1 amide bonds. The molecule has 0 atom stereocenters. The van der Waals surface area contributed by atoms with Crippen molar-refractivity contribution < 1.29 is 8.98 Å². The molecule has 0 radical (unpaired) electrons. The van der Waals surface area contributed by atoms with Crippen LogP contribution in [0.15, 0.2) is 42.6 Å². The van der Waals surface area contributed by atoms with Gasteiger partial charge in [-0.1, -0.05) is 25.5 Å². The van der Waals surface area contributed by atoms with Gasteiger partial charge in [-0.15, -0.1) is 4.41 Å². The molecule has 166 valence electrons. The molecule has 0 spiro atoms. The summed E-state index contributed by atoms with van der Waals surface area (Å²) in [6.07, 6.45) is 5.98. The van der Waals surface area contributed by atoms with Gasteiger partial charge in [-0.05, 0) is 54.7 Å². The number of nitrogens with zero attached hydrogens (tertiary/aromatic N) is 2. The van der Waals surface area contributed by atoms with Gasteiger partial charge in [-0.25, -0.2) is 4.98 Å². The van der Waals surface area contributed by atoms with Crippen molar-refractivity contribution in [2.75, 3.05) is 24.4 Å². The van der Waals surface area contributed by atoms with E-state index in [9.17, 15) is 4.79 Å². The van der Waals surface area contributed by atoms with Gasteiger partial charge in [0.1, 0.15) is 23.7 Å². The van der Waals surface area contributed by atoms with Crippen LogP contribution in [0, 0.1) is 5.92 Å². The molecule has 1 saturated carbocycles. The number of rotatable bonds is 10. The predicted octanol–water partition coefficient (Wildman–Crippen LogP) is 5.33. The van der Waals surface area contributed by atoms with Gasteiger partial charge in [0.15, 0.2) is 0 Å². The minimum absolute atomic E-state index is 0. The number of anilines is 2. The van der Waals surface area contributed by atoms with Gasteiger partial charge in [0.25, 0.3) is 0 Å². The fourth-order valence-corrected chi connectivity index (χ4v) is 3.65. The molecule has 2 heterocycles. The number of hydrazine groups is 1. The quantitative estimate of drug-likeness (QED) is 0.165. The Hall–Kier alpha value is -2.20. The molecule has 3 aromatic rings. The number of aromatic amines is 1. The molecule has 0 bridgehead atoms. The first-order valence-electron chi connectivity index (χ1n) is 10.3. The second-order valence-electron chi connectivity index (χ2n) is 7.50. The molecule has 0 saturated heterocycles. The number of hydrogen-bond acceptors (Lipinski definition) is 6. The summed E-state index contributed by atoms with van der Waals surface area (Å²) < 4.78 is 7.38. The summed E-state index contributed by atoms with van der Waals surface area (Å²) in [5.74, 6) is 0.778.